The van der Waals surface area contributed by atoms with Crippen LogP contribution >= 0.6 is 0 Å². The minimum atomic E-state index is -1.49. The van der Waals surface area contributed by atoms with Crippen molar-refractivity contribution in [3.8, 4) is 0 Å². The molecule has 190 valence electrons. The molecule has 0 spiro atoms. The summed E-state index contributed by atoms with van der Waals surface area (Å²) >= 11 is 0. The van der Waals surface area contributed by atoms with Gasteiger partial charge in [-0.1, -0.05) is 18.2 Å². The van der Waals surface area contributed by atoms with E-state index in [-0.39, 0.29) is 6.42 Å². The number of rotatable bonds is 12. The summed E-state index contributed by atoms with van der Waals surface area (Å²) in [6.45, 7) is 2.54. The van der Waals surface area contributed by atoms with Gasteiger partial charge in [0.2, 0.25) is 23.6 Å². The largest absolute Gasteiger partial charge is 0.480 e. The van der Waals surface area contributed by atoms with Crippen LogP contribution < -0.4 is 27.4 Å². The van der Waals surface area contributed by atoms with Gasteiger partial charge in [-0.05, 0) is 25.5 Å². The van der Waals surface area contributed by atoms with Crippen LogP contribution in [0.4, 0.5) is 0 Å². The summed E-state index contributed by atoms with van der Waals surface area (Å²) in [6.07, 6.45) is -0.206. The number of aromatic nitrogens is 1. The van der Waals surface area contributed by atoms with Gasteiger partial charge in [0, 0.05) is 23.5 Å². The maximum atomic E-state index is 13.0. The van der Waals surface area contributed by atoms with Crippen molar-refractivity contribution >= 4 is 40.5 Å². The molecule has 13 heteroatoms. The fourth-order valence-corrected chi connectivity index (χ4v) is 3.28. The number of carbonyl (C=O) groups excluding carboxylic acids is 4. The molecule has 0 fully saturated rings. The number of nitrogens with two attached hydrogens (primary N) is 2. The third kappa shape index (κ3) is 7.52. The van der Waals surface area contributed by atoms with Gasteiger partial charge < -0.3 is 42.6 Å². The third-order valence-electron chi connectivity index (χ3n) is 5.32. The maximum absolute atomic E-state index is 13.0. The average Bonchev–Trinajstić information content (AvgIpc) is 3.19. The lowest BCUT2D eigenvalue weighted by molar-refractivity contribution is -0.142. The molecule has 1 aromatic heterocycles. The van der Waals surface area contributed by atoms with Crippen LogP contribution in [0, 0.1) is 0 Å². The highest BCUT2D eigenvalue weighted by Crippen LogP contribution is 2.19. The highest BCUT2D eigenvalue weighted by Gasteiger charge is 2.31. The van der Waals surface area contributed by atoms with Crippen molar-refractivity contribution in [2.75, 3.05) is 0 Å². The molecule has 1 aromatic carbocycles. The normalized spacial score (nSPS) is 15.3. The molecule has 0 aliphatic rings. The molecule has 5 atom stereocenters. The molecule has 0 radical (unpaired) electrons. The van der Waals surface area contributed by atoms with Crippen LogP contribution in [0.2, 0.25) is 0 Å². The van der Waals surface area contributed by atoms with Crippen molar-refractivity contribution in [2.45, 2.75) is 57.0 Å². The number of hydrogen-bond donors (Lipinski definition) is 8. The number of primary amides is 1. The Labute approximate surface area is 200 Å². The summed E-state index contributed by atoms with van der Waals surface area (Å²) in [7, 11) is 0. The fraction of sp³-hybridized carbons (Fsp3) is 0.409. The smallest absolute Gasteiger partial charge is 0.325 e. The first-order valence-electron chi connectivity index (χ1n) is 10.8. The first-order valence-corrected chi connectivity index (χ1v) is 10.8. The Morgan fingerprint density at radius 2 is 1.57 bits per heavy atom. The number of carbonyl (C=O) groups is 5. The van der Waals surface area contributed by atoms with Crippen LogP contribution in [0.5, 0.6) is 0 Å². The first-order chi connectivity index (χ1) is 16.4. The van der Waals surface area contributed by atoms with Crippen molar-refractivity contribution in [1.29, 1.82) is 0 Å². The Kier molecular flexibility index (Phi) is 9.31. The Bertz CT molecular complexity index is 1100. The van der Waals surface area contributed by atoms with Crippen molar-refractivity contribution in [2.24, 2.45) is 11.5 Å². The molecule has 35 heavy (non-hydrogen) atoms. The van der Waals surface area contributed by atoms with E-state index in [0.717, 1.165) is 10.9 Å². The van der Waals surface area contributed by atoms with E-state index in [1.54, 1.807) is 12.3 Å². The molecule has 1 heterocycles. The summed E-state index contributed by atoms with van der Waals surface area (Å²) in [4.78, 5) is 63.9. The lowest BCUT2D eigenvalue weighted by Gasteiger charge is -2.24. The lowest BCUT2D eigenvalue weighted by atomic mass is 10.0. The van der Waals surface area contributed by atoms with Crippen LogP contribution in [0.15, 0.2) is 30.5 Å². The second-order valence-corrected chi connectivity index (χ2v) is 8.19. The fourth-order valence-electron chi connectivity index (χ4n) is 3.28. The van der Waals surface area contributed by atoms with Gasteiger partial charge >= 0.3 is 5.97 Å². The van der Waals surface area contributed by atoms with Gasteiger partial charge in [-0.2, -0.15) is 0 Å². The van der Waals surface area contributed by atoms with Crippen molar-refractivity contribution < 1.29 is 34.2 Å². The molecule has 0 saturated carbocycles. The van der Waals surface area contributed by atoms with E-state index in [1.165, 1.54) is 13.8 Å². The van der Waals surface area contributed by atoms with Crippen LogP contribution in [0.25, 0.3) is 10.9 Å². The number of hydrogen-bond acceptors (Lipinski definition) is 7. The van der Waals surface area contributed by atoms with Crippen molar-refractivity contribution in [1.82, 2.24) is 20.9 Å². The number of aliphatic carboxylic acids is 1. The summed E-state index contributed by atoms with van der Waals surface area (Å²) in [5.74, 6) is -4.80. The van der Waals surface area contributed by atoms with Crippen LogP contribution in [-0.4, -0.2) is 75.1 Å². The van der Waals surface area contributed by atoms with Crippen molar-refractivity contribution in [3.05, 3.63) is 36.0 Å². The number of amides is 4. The highest BCUT2D eigenvalue weighted by molar-refractivity contribution is 5.96. The monoisotopic (exact) mass is 490 g/mol. The number of aromatic amines is 1. The molecule has 0 aliphatic heterocycles. The molecule has 13 nitrogen and oxygen atoms in total. The SMILES string of the molecule is CC(NC(=O)C(Cc1c[nH]c2ccccc12)NC(=O)C(CC(N)=O)NC(=O)C(N)C(C)O)C(=O)O. The number of nitrogens with one attached hydrogen (secondary N) is 4. The molecular formula is C22H30N6O7. The molecule has 0 saturated heterocycles. The zero-order valence-corrected chi connectivity index (χ0v) is 19.3. The van der Waals surface area contributed by atoms with E-state index < -0.39 is 66.3 Å². The third-order valence-corrected chi connectivity index (χ3v) is 5.32. The average molecular weight is 491 g/mol. The predicted octanol–water partition coefficient (Wildman–Crippen LogP) is -2.15. The molecule has 10 N–H and O–H groups in total. The second-order valence-electron chi connectivity index (χ2n) is 8.19. The zero-order valence-electron chi connectivity index (χ0n) is 19.3. The van der Waals surface area contributed by atoms with E-state index in [2.05, 4.69) is 20.9 Å². The van der Waals surface area contributed by atoms with E-state index >= 15 is 0 Å². The Morgan fingerprint density at radius 1 is 0.971 bits per heavy atom. The summed E-state index contributed by atoms with van der Waals surface area (Å²) < 4.78 is 0. The van der Waals surface area contributed by atoms with Crippen molar-refractivity contribution in [3.63, 3.8) is 0 Å². The molecule has 5 unspecified atom stereocenters. The molecule has 2 rings (SSSR count). The summed E-state index contributed by atoms with van der Waals surface area (Å²) in [5, 5.41) is 26.5. The van der Waals surface area contributed by atoms with E-state index in [0.29, 0.717) is 5.56 Å². The van der Waals surface area contributed by atoms with Crippen LogP contribution in [0.3, 0.4) is 0 Å². The standard InChI is InChI=1S/C22H30N6O7/c1-10(22(34)35)26-19(31)15(7-12-9-25-14-6-4-3-5-13(12)14)27-20(32)16(8-17(23)30)28-21(33)18(24)11(2)29/h3-6,9-11,15-16,18,25,29H,7-8,24H2,1-2H3,(H2,23,30)(H,26,31)(H,27,32)(H,28,33)(H,34,35). The quantitative estimate of drug-likeness (QED) is 0.163. The molecular weight excluding hydrogens is 460 g/mol. The predicted molar refractivity (Wildman–Crippen MR) is 125 cm³/mol. The summed E-state index contributed by atoms with van der Waals surface area (Å²) in [6, 6.07) is 1.88. The Hall–Kier alpha value is -3.97. The van der Waals surface area contributed by atoms with Gasteiger partial charge in [-0.25, -0.2) is 0 Å². The van der Waals surface area contributed by atoms with E-state index in [1.807, 2.05) is 18.2 Å². The number of aliphatic hydroxyl groups excluding tert-OH is 1. The van der Waals surface area contributed by atoms with Crippen LogP contribution in [0.1, 0.15) is 25.8 Å². The van der Waals surface area contributed by atoms with Gasteiger partial charge in [0.25, 0.3) is 0 Å². The first kappa shape index (κ1) is 27.3. The topological polar surface area (TPSA) is 230 Å². The Morgan fingerprint density at radius 3 is 2.17 bits per heavy atom. The number of carboxylic acids is 1. The van der Waals surface area contributed by atoms with Gasteiger partial charge in [0.1, 0.15) is 24.2 Å². The molecule has 4 amide bonds. The summed E-state index contributed by atoms with van der Waals surface area (Å²) in [5.41, 5.74) is 12.2. The van der Waals surface area contributed by atoms with Gasteiger partial charge in [-0.3, -0.25) is 24.0 Å². The van der Waals surface area contributed by atoms with E-state index in [9.17, 15) is 29.1 Å². The number of fused-ring (bicyclic) bond motifs is 1. The Balaban J connectivity index is 2.29. The van der Waals surface area contributed by atoms with Gasteiger partial charge in [0.05, 0.1) is 12.5 Å². The molecule has 0 bridgehead atoms. The number of carboxylic acid groups (broad SMARTS) is 1. The van der Waals surface area contributed by atoms with Gasteiger partial charge in [0.15, 0.2) is 0 Å². The maximum Gasteiger partial charge on any atom is 0.325 e. The zero-order chi connectivity index (χ0) is 26.3. The highest BCUT2D eigenvalue weighted by atomic mass is 16.4. The van der Waals surface area contributed by atoms with Crippen LogP contribution in [-0.2, 0) is 30.4 Å². The minimum absolute atomic E-state index is 0.0294. The van der Waals surface area contributed by atoms with E-state index in [4.69, 9.17) is 16.6 Å². The van der Waals surface area contributed by atoms with Gasteiger partial charge in [-0.15, -0.1) is 0 Å². The lowest BCUT2D eigenvalue weighted by Crippen LogP contribution is -2.59. The number of H-pyrrole nitrogens is 1. The number of benzene rings is 1. The number of aliphatic hydroxyl groups is 1. The second kappa shape index (κ2) is 11.9. The molecule has 2 aromatic rings. The number of para-hydroxylation sites is 1. The molecule has 0 aliphatic carbocycles. The minimum Gasteiger partial charge on any atom is -0.480 e.